The normalized spacial score (nSPS) is 10.4. The minimum absolute atomic E-state index is 0.724. The van der Waals surface area contributed by atoms with E-state index in [1.54, 1.807) is 14.2 Å². The molecule has 0 saturated heterocycles. The van der Waals surface area contributed by atoms with Crippen molar-refractivity contribution in [1.29, 1.82) is 0 Å². The van der Waals surface area contributed by atoms with Gasteiger partial charge in [-0.05, 0) is 29.8 Å². The van der Waals surface area contributed by atoms with Crippen LogP contribution in [0.1, 0.15) is 11.3 Å². The highest BCUT2D eigenvalue weighted by molar-refractivity contribution is 9.10. The van der Waals surface area contributed by atoms with Gasteiger partial charge in [-0.25, -0.2) is 0 Å². The Balaban J connectivity index is 1.91. The number of aromatic nitrogens is 1. The number of methoxy groups -OCH3 is 2. The van der Waals surface area contributed by atoms with Gasteiger partial charge in [0.05, 0.1) is 14.2 Å². The van der Waals surface area contributed by atoms with Gasteiger partial charge in [-0.3, -0.25) is 4.98 Å². The fourth-order valence-corrected chi connectivity index (χ4v) is 2.48. The van der Waals surface area contributed by atoms with Gasteiger partial charge in [0, 0.05) is 35.9 Å². The van der Waals surface area contributed by atoms with Crippen molar-refractivity contribution >= 4 is 15.9 Å². The summed E-state index contributed by atoms with van der Waals surface area (Å²) in [4.78, 5) is 4.31. The zero-order chi connectivity index (χ0) is 15.1. The molecule has 0 radical (unpaired) electrons. The molecule has 0 bridgehead atoms. The third-order valence-electron chi connectivity index (χ3n) is 3.15. The Hall–Kier alpha value is -1.59. The molecule has 0 spiro atoms. The van der Waals surface area contributed by atoms with E-state index in [-0.39, 0.29) is 0 Å². The van der Waals surface area contributed by atoms with E-state index in [4.69, 9.17) is 9.47 Å². The number of nitrogens with zero attached hydrogens (tertiary/aromatic N) is 1. The van der Waals surface area contributed by atoms with Crippen molar-refractivity contribution in [3.8, 4) is 11.5 Å². The SMILES string of the molecule is COc1cc(Br)c(CNCCc2ccccn2)cc1OC. The van der Waals surface area contributed by atoms with E-state index in [9.17, 15) is 0 Å². The molecule has 0 fully saturated rings. The topological polar surface area (TPSA) is 43.4 Å². The molecule has 0 atom stereocenters. The number of hydrogen-bond acceptors (Lipinski definition) is 4. The molecule has 0 aliphatic rings. The highest BCUT2D eigenvalue weighted by Crippen LogP contribution is 2.33. The maximum absolute atomic E-state index is 5.32. The Bertz CT molecular complexity index is 576. The predicted octanol–water partition coefficient (Wildman–Crippen LogP) is 3.19. The molecule has 1 N–H and O–H groups in total. The zero-order valence-electron chi connectivity index (χ0n) is 12.2. The average molecular weight is 351 g/mol. The summed E-state index contributed by atoms with van der Waals surface area (Å²) in [6.07, 6.45) is 2.73. The lowest BCUT2D eigenvalue weighted by molar-refractivity contribution is 0.354. The van der Waals surface area contributed by atoms with E-state index < -0.39 is 0 Å². The first-order valence-electron chi connectivity index (χ1n) is 6.75. The van der Waals surface area contributed by atoms with Crippen molar-refractivity contribution in [2.75, 3.05) is 20.8 Å². The molecule has 4 nitrogen and oxygen atoms in total. The first-order valence-corrected chi connectivity index (χ1v) is 7.55. The summed E-state index contributed by atoms with van der Waals surface area (Å²) in [5.41, 5.74) is 2.23. The smallest absolute Gasteiger partial charge is 0.161 e. The number of hydrogen-bond donors (Lipinski definition) is 1. The van der Waals surface area contributed by atoms with Gasteiger partial charge >= 0.3 is 0 Å². The van der Waals surface area contributed by atoms with Crippen molar-refractivity contribution in [2.24, 2.45) is 0 Å². The van der Waals surface area contributed by atoms with Crippen LogP contribution in [0.5, 0.6) is 11.5 Å². The minimum atomic E-state index is 0.724. The van der Waals surface area contributed by atoms with Gasteiger partial charge < -0.3 is 14.8 Å². The molecule has 2 rings (SSSR count). The van der Waals surface area contributed by atoms with E-state index in [1.807, 2.05) is 36.5 Å². The van der Waals surface area contributed by atoms with Gasteiger partial charge in [0.15, 0.2) is 11.5 Å². The fraction of sp³-hybridized carbons (Fsp3) is 0.312. The van der Waals surface area contributed by atoms with Gasteiger partial charge in [-0.1, -0.05) is 22.0 Å². The fourth-order valence-electron chi connectivity index (χ4n) is 2.02. The number of benzene rings is 1. The Kier molecular flexibility index (Phi) is 6.02. The summed E-state index contributed by atoms with van der Waals surface area (Å²) in [7, 11) is 3.28. The molecular weight excluding hydrogens is 332 g/mol. The Morgan fingerprint density at radius 3 is 2.57 bits per heavy atom. The van der Waals surface area contributed by atoms with Crippen LogP contribution >= 0.6 is 15.9 Å². The first-order chi connectivity index (χ1) is 10.2. The van der Waals surface area contributed by atoms with Crippen LogP contribution in [0.25, 0.3) is 0 Å². The Morgan fingerprint density at radius 2 is 1.90 bits per heavy atom. The Labute approximate surface area is 133 Å². The number of pyridine rings is 1. The number of halogens is 1. The molecule has 112 valence electrons. The largest absolute Gasteiger partial charge is 0.493 e. The van der Waals surface area contributed by atoms with Crippen molar-refractivity contribution in [3.05, 3.63) is 52.3 Å². The highest BCUT2D eigenvalue weighted by atomic mass is 79.9. The van der Waals surface area contributed by atoms with E-state index in [1.165, 1.54) is 0 Å². The third kappa shape index (κ3) is 4.44. The summed E-state index contributed by atoms with van der Waals surface area (Å²) in [6.45, 7) is 1.63. The van der Waals surface area contributed by atoms with Crippen molar-refractivity contribution in [3.63, 3.8) is 0 Å². The van der Waals surface area contributed by atoms with E-state index >= 15 is 0 Å². The summed E-state index contributed by atoms with van der Waals surface area (Å²) in [5, 5.41) is 3.41. The monoisotopic (exact) mass is 350 g/mol. The second kappa shape index (κ2) is 8.00. The van der Waals surface area contributed by atoms with E-state index in [0.29, 0.717) is 0 Å². The van der Waals surface area contributed by atoms with Crippen LogP contribution in [0.3, 0.4) is 0 Å². The van der Waals surface area contributed by atoms with Crippen LogP contribution in [-0.4, -0.2) is 25.7 Å². The van der Waals surface area contributed by atoms with Crippen molar-refractivity contribution < 1.29 is 9.47 Å². The Morgan fingerprint density at radius 1 is 1.14 bits per heavy atom. The number of rotatable bonds is 7. The molecule has 0 amide bonds. The van der Waals surface area contributed by atoms with Crippen molar-refractivity contribution in [2.45, 2.75) is 13.0 Å². The van der Waals surface area contributed by atoms with Crippen LogP contribution < -0.4 is 14.8 Å². The molecule has 1 heterocycles. The minimum Gasteiger partial charge on any atom is -0.493 e. The van der Waals surface area contributed by atoms with Crippen LogP contribution in [-0.2, 0) is 13.0 Å². The quantitative estimate of drug-likeness (QED) is 0.778. The summed E-state index contributed by atoms with van der Waals surface area (Å²) in [6, 6.07) is 9.88. The second-order valence-electron chi connectivity index (χ2n) is 4.55. The summed E-state index contributed by atoms with van der Waals surface area (Å²) >= 11 is 3.56. The molecule has 2 aromatic rings. The van der Waals surface area contributed by atoms with Gasteiger partial charge in [-0.2, -0.15) is 0 Å². The molecule has 0 unspecified atom stereocenters. The van der Waals surface area contributed by atoms with Gasteiger partial charge in [0.1, 0.15) is 0 Å². The van der Waals surface area contributed by atoms with Gasteiger partial charge in [0.2, 0.25) is 0 Å². The number of nitrogens with one attached hydrogen (secondary N) is 1. The van der Waals surface area contributed by atoms with Crippen molar-refractivity contribution in [1.82, 2.24) is 10.3 Å². The molecule has 21 heavy (non-hydrogen) atoms. The van der Waals surface area contributed by atoms with Crippen LogP contribution in [0.4, 0.5) is 0 Å². The molecule has 0 aliphatic carbocycles. The first kappa shape index (κ1) is 15.8. The maximum Gasteiger partial charge on any atom is 0.161 e. The molecular formula is C16H19BrN2O2. The van der Waals surface area contributed by atoms with E-state index in [0.717, 1.165) is 46.7 Å². The molecule has 0 saturated carbocycles. The summed E-state index contributed by atoms with van der Waals surface area (Å²) < 4.78 is 11.6. The molecule has 1 aromatic heterocycles. The lowest BCUT2D eigenvalue weighted by Crippen LogP contribution is -2.17. The summed E-state index contributed by atoms with van der Waals surface area (Å²) in [5.74, 6) is 1.46. The van der Waals surface area contributed by atoms with Crippen LogP contribution in [0, 0.1) is 0 Å². The van der Waals surface area contributed by atoms with Gasteiger partial charge in [-0.15, -0.1) is 0 Å². The molecule has 0 aliphatic heterocycles. The standard InChI is InChI=1S/C16H19BrN2O2/c1-20-15-9-12(14(17)10-16(15)21-2)11-18-8-6-13-5-3-4-7-19-13/h3-5,7,9-10,18H,6,8,11H2,1-2H3. The second-order valence-corrected chi connectivity index (χ2v) is 5.40. The average Bonchev–Trinajstić information content (AvgIpc) is 2.53. The zero-order valence-corrected chi connectivity index (χ0v) is 13.8. The lowest BCUT2D eigenvalue weighted by atomic mass is 10.2. The molecule has 1 aromatic carbocycles. The lowest BCUT2D eigenvalue weighted by Gasteiger charge is -2.12. The predicted molar refractivity (Wildman–Crippen MR) is 86.9 cm³/mol. The van der Waals surface area contributed by atoms with E-state index in [2.05, 4.69) is 26.2 Å². The van der Waals surface area contributed by atoms with Crippen LogP contribution in [0.15, 0.2) is 41.0 Å². The highest BCUT2D eigenvalue weighted by Gasteiger charge is 2.09. The number of ether oxygens (including phenoxy) is 2. The molecule has 5 heteroatoms. The van der Waals surface area contributed by atoms with Crippen LogP contribution in [0.2, 0.25) is 0 Å². The maximum atomic E-state index is 5.32. The van der Waals surface area contributed by atoms with Gasteiger partial charge in [0.25, 0.3) is 0 Å². The third-order valence-corrected chi connectivity index (χ3v) is 3.89.